The molecule has 0 radical (unpaired) electrons. The van der Waals surface area contributed by atoms with Gasteiger partial charge in [-0.15, -0.1) is 0 Å². The van der Waals surface area contributed by atoms with Crippen LogP contribution in [0, 0.1) is 0 Å². The Morgan fingerprint density at radius 3 is 2.45 bits per heavy atom. The molecule has 2 heterocycles. The van der Waals surface area contributed by atoms with E-state index in [-0.39, 0.29) is 5.91 Å². The number of nitrogens with zero attached hydrogens (tertiary/aromatic N) is 3. The number of rotatable bonds is 6. The Morgan fingerprint density at radius 2 is 1.69 bits per heavy atom. The molecule has 1 aliphatic heterocycles. The minimum atomic E-state index is -0.0517. The molecule has 0 bridgehead atoms. The zero-order valence-corrected chi connectivity index (χ0v) is 16.6. The lowest BCUT2D eigenvalue weighted by molar-refractivity contribution is 0.0954. The van der Waals surface area contributed by atoms with Gasteiger partial charge in [0, 0.05) is 36.8 Å². The van der Waals surface area contributed by atoms with Crippen molar-refractivity contribution >= 4 is 11.7 Å². The Hall–Kier alpha value is -3.21. The van der Waals surface area contributed by atoms with Crippen LogP contribution in [0.3, 0.4) is 0 Å². The lowest BCUT2D eigenvalue weighted by Gasteiger charge is -2.27. The van der Waals surface area contributed by atoms with Gasteiger partial charge in [-0.05, 0) is 43.4 Å². The summed E-state index contributed by atoms with van der Waals surface area (Å²) in [5.74, 6) is 0.932. The molecule has 1 amide bonds. The van der Waals surface area contributed by atoms with Crippen molar-refractivity contribution in [1.82, 2.24) is 15.3 Å². The topological polar surface area (TPSA) is 58.1 Å². The van der Waals surface area contributed by atoms with Crippen molar-refractivity contribution in [3.63, 3.8) is 0 Å². The molecule has 2 aromatic carbocycles. The van der Waals surface area contributed by atoms with Gasteiger partial charge >= 0.3 is 0 Å². The first-order chi connectivity index (χ1) is 14.3. The highest BCUT2D eigenvalue weighted by atomic mass is 16.1. The van der Waals surface area contributed by atoms with E-state index in [0.29, 0.717) is 12.1 Å². The van der Waals surface area contributed by atoms with Gasteiger partial charge < -0.3 is 10.2 Å². The van der Waals surface area contributed by atoms with Gasteiger partial charge in [0.2, 0.25) is 0 Å². The molecule has 1 fully saturated rings. The fraction of sp³-hybridized carbons (Fsp3) is 0.292. The highest BCUT2D eigenvalue weighted by molar-refractivity contribution is 5.94. The highest BCUT2D eigenvalue weighted by Crippen LogP contribution is 2.23. The van der Waals surface area contributed by atoms with Crippen molar-refractivity contribution in [3.8, 4) is 11.3 Å². The van der Waals surface area contributed by atoms with E-state index in [4.69, 9.17) is 0 Å². The van der Waals surface area contributed by atoms with E-state index >= 15 is 0 Å². The molecule has 1 saturated heterocycles. The summed E-state index contributed by atoms with van der Waals surface area (Å²) in [6, 6.07) is 19.8. The van der Waals surface area contributed by atoms with Crippen molar-refractivity contribution in [1.29, 1.82) is 0 Å². The van der Waals surface area contributed by atoms with Gasteiger partial charge in [0.25, 0.3) is 5.91 Å². The predicted molar refractivity (Wildman–Crippen MR) is 116 cm³/mol. The molecule has 148 valence electrons. The van der Waals surface area contributed by atoms with Crippen molar-refractivity contribution in [2.45, 2.75) is 25.7 Å². The summed E-state index contributed by atoms with van der Waals surface area (Å²) in [4.78, 5) is 23.6. The zero-order valence-electron chi connectivity index (χ0n) is 16.6. The van der Waals surface area contributed by atoms with Crippen LogP contribution in [0.5, 0.6) is 0 Å². The molecule has 1 aliphatic rings. The maximum atomic E-state index is 12.4. The fourth-order valence-corrected chi connectivity index (χ4v) is 3.66. The molecular formula is C24H26N4O. The number of benzene rings is 2. The Labute approximate surface area is 171 Å². The van der Waals surface area contributed by atoms with Crippen LogP contribution in [-0.4, -0.2) is 35.5 Å². The summed E-state index contributed by atoms with van der Waals surface area (Å²) in [7, 11) is 0. The lowest BCUT2D eigenvalue weighted by atomic mass is 10.1. The number of hydrogen-bond donors (Lipinski definition) is 1. The average molecular weight is 386 g/mol. The largest absolute Gasteiger partial charge is 0.357 e. The Bertz CT molecular complexity index is 935. The highest BCUT2D eigenvalue weighted by Gasteiger charge is 2.13. The third-order valence-electron chi connectivity index (χ3n) is 5.32. The van der Waals surface area contributed by atoms with Crippen molar-refractivity contribution in [2.75, 3.05) is 24.5 Å². The van der Waals surface area contributed by atoms with Gasteiger partial charge in [0.1, 0.15) is 12.1 Å². The number of amides is 1. The van der Waals surface area contributed by atoms with Crippen molar-refractivity contribution in [3.05, 3.63) is 78.1 Å². The molecule has 0 spiro atoms. The van der Waals surface area contributed by atoms with Gasteiger partial charge in [-0.3, -0.25) is 4.79 Å². The van der Waals surface area contributed by atoms with E-state index in [2.05, 4.69) is 32.3 Å². The first-order valence-corrected chi connectivity index (χ1v) is 10.3. The van der Waals surface area contributed by atoms with E-state index in [9.17, 15) is 4.79 Å². The van der Waals surface area contributed by atoms with Gasteiger partial charge in [0.05, 0.1) is 5.69 Å². The second kappa shape index (κ2) is 9.32. The Kier molecular flexibility index (Phi) is 6.15. The van der Waals surface area contributed by atoms with Gasteiger partial charge in [0.15, 0.2) is 0 Å². The van der Waals surface area contributed by atoms with Crippen LogP contribution < -0.4 is 10.2 Å². The molecule has 0 saturated carbocycles. The number of carbonyl (C=O) groups is 1. The third kappa shape index (κ3) is 4.99. The third-order valence-corrected chi connectivity index (χ3v) is 5.32. The van der Waals surface area contributed by atoms with Gasteiger partial charge in [-0.25, -0.2) is 9.97 Å². The second-order valence-corrected chi connectivity index (χ2v) is 7.38. The number of hydrogen-bond acceptors (Lipinski definition) is 4. The molecule has 5 nitrogen and oxygen atoms in total. The molecule has 29 heavy (non-hydrogen) atoms. The summed E-state index contributed by atoms with van der Waals surface area (Å²) >= 11 is 0. The molecule has 1 N–H and O–H groups in total. The summed E-state index contributed by atoms with van der Waals surface area (Å²) in [5.41, 5.74) is 3.76. The Balaban J connectivity index is 1.38. The summed E-state index contributed by atoms with van der Waals surface area (Å²) in [5, 5.41) is 2.99. The minimum absolute atomic E-state index is 0.0517. The average Bonchev–Trinajstić information content (AvgIpc) is 2.80. The van der Waals surface area contributed by atoms with Crippen molar-refractivity contribution in [2.24, 2.45) is 0 Å². The smallest absolute Gasteiger partial charge is 0.251 e. The van der Waals surface area contributed by atoms with Gasteiger partial charge in [-0.1, -0.05) is 42.5 Å². The van der Waals surface area contributed by atoms with Crippen molar-refractivity contribution < 1.29 is 4.79 Å². The quantitative estimate of drug-likeness (QED) is 0.693. The monoisotopic (exact) mass is 386 g/mol. The molecule has 4 rings (SSSR count). The second-order valence-electron chi connectivity index (χ2n) is 7.38. The van der Waals surface area contributed by atoms with Crippen LogP contribution in [0.4, 0.5) is 5.82 Å². The first-order valence-electron chi connectivity index (χ1n) is 10.3. The van der Waals surface area contributed by atoms with Crippen LogP contribution in [0.1, 0.15) is 35.2 Å². The van der Waals surface area contributed by atoms with E-state index < -0.39 is 0 Å². The minimum Gasteiger partial charge on any atom is -0.357 e. The maximum Gasteiger partial charge on any atom is 0.251 e. The SMILES string of the molecule is O=C(NCCc1ccccc1)c1ccc(-c2cc(N3CCCCC3)ncn2)cc1. The molecule has 3 aromatic rings. The number of piperidine rings is 1. The molecule has 0 unspecified atom stereocenters. The van der Waals surface area contributed by atoms with Crippen LogP contribution >= 0.6 is 0 Å². The molecule has 0 atom stereocenters. The molecule has 1 aromatic heterocycles. The Morgan fingerprint density at radius 1 is 0.931 bits per heavy atom. The number of aromatic nitrogens is 2. The van der Waals surface area contributed by atoms with Gasteiger partial charge in [-0.2, -0.15) is 0 Å². The normalized spacial score (nSPS) is 13.9. The van der Waals surface area contributed by atoms with Crippen LogP contribution in [0.15, 0.2) is 67.0 Å². The summed E-state index contributed by atoms with van der Waals surface area (Å²) in [6.45, 7) is 2.73. The first kappa shape index (κ1) is 19.1. The lowest BCUT2D eigenvalue weighted by Crippen LogP contribution is -2.30. The van der Waals surface area contributed by atoms with E-state index in [0.717, 1.165) is 36.6 Å². The van der Waals surface area contributed by atoms with Crippen LogP contribution in [0.2, 0.25) is 0 Å². The zero-order chi connectivity index (χ0) is 19.9. The summed E-state index contributed by atoms with van der Waals surface area (Å²) < 4.78 is 0. The number of carbonyl (C=O) groups excluding carboxylic acids is 1. The van der Waals surface area contributed by atoms with E-state index in [1.165, 1.54) is 24.8 Å². The van der Waals surface area contributed by atoms with Crippen LogP contribution in [-0.2, 0) is 6.42 Å². The number of nitrogens with one attached hydrogen (secondary N) is 1. The fourth-order valence-electron chi connectivity index (χ4n) is 3.66. The maximum absolute atomic E-state index is 12.4. The van der Waals surface area contributed by atoms with E-state index in [1.807, 2.05) is 48.5 Å². The number of anilines is 1. The van der Waals surface area contributed by atoms with E-state index in [1.54, 1.807) is 6.33 Å². The predicted octanol–water partition coefficient (Wildman–Crippen LogP) is 4.11. The molecular weight excluding hydrogens is 360 g/mol. The standard InChI is InChI=1S/C24H26N4O/c29-24(25-14-13-19-7-3-1-4-8-19)21-11-9-20(10-12-21)22-17-23(27-18-26-22)28-15-5-2-6-16-28/h1,3-4,7-12,17-18H,2,5-6,13-16H2,(H,25,29). The molecule has 0 aliphatic carbocycles. The van der Waals surface area contributed by atoms with Crippen LogP contribution in [0.25, 0.3) is 11.3 Å². The summed E-state index contributed by atoms with van der Waals surface area (Å²) in [6.07, 6.45) is 6.18. The molecule has 5 heteroatoms.